The topological polar surface area (TPSA) is 75.4 Å². The quantitative estimate of drug-likeness (QED) is 0.410. The van der Waals surface area contributed by atoms with Gasteiger partial charge in [-0.15, -0.1) is 0 Å². The molecule has 1 saturated heterocycles. The van der Waals surface area contributed by atoms with E-state index in [1.165, 1.54) is 0 Å². The number of benzene rings is 1. The van der Waals surface area contributed by atoms with Crippen LogP contribution in [-0.4, -0.2) is 38.6 Å². The van der Waals surface area contributed by atoms with E-state index in [1.807, 2.05) is 62.5 Å². The van der Waals surface area contributed by atoms with E-state index >= 15 is 0 Å². The van der Waals surface area contributed by atoms with E-state index in [2.05, 4.69) is 27.2 Å². The fourth-order valence-electron chi connectivity index (χ4n) is 4.62. The fraction of sp³-hybridized carbons (Fsp3) is 0.333. The molecule has 1 aromatic carbocycles. The summed E-state index contributed by atoms with van der Waals surface area (Å²) < 4.78 is 1.79. The SMILES string of the molecule is CC1CCN(c2c(-c3ccccc3Cl)cnc3c(C(=O)NC(C)(C)c4ccccn4)cnn23)CC1. The van der Waals surface area contributed by atoms with Crippen LogP contribution in [0.15, 0.2) is 61.1 Å². The minimum absolute atomic E-state index is 0.244. The van der Waals surface area contributed by atoms with Crippen LogP contribution in [0.2, 0.25) is 5.02 Å². The lowest BCUT2D eigenvalue weighted by Gasteiger charge is -2.33. The molecule has 4 heterocycles. The maximum atomic E-state index is 13.4. The van der Waals surface area contributed by atoms with Gasteiger partial charge in [0.1, 0.15) is 11.4 Å². The van der Waals surface area contributed by atoms with E-state index in [9.17, 15) is 4.79 Å². The van der Waals surface area contributed by atoms with Crippen molar-refractivity contribution < 1.29 is 4.79 Å². The first-order valence-electron chi connectivity index (χ1n) is 12.0. The molecule has 180 valence electrons. The van der Waals surface area contributed by atoms with Gasteiger partial charge in [0.05, 0.1) is 17.4 Å². The summed E-state index contributed by atoms with van der Waals surface area (Å²) in [6.07, 6.45) is 7.32. The highest BCUT2D eigenvalue weighted by atomic mass is 35.5. The third kappa shape index (κ3) is 4.48. The first kappa shape index (κ1) is 23.3. The fourth-order valence-corrected chi connectivity index (χ4v) is 4.86. The molecular weight excluding hydrogens is 460 g/mol. The Morgan fingerprint density at radius 3 is 2.49 bits per heavy atom. The van der Waals surface area contributed by atoms with Gasteiger partial charge in [-0.3, -0.25) is 9.78 Å². The van der Waals surface area contributed by atoms with Crippen molar-refractivity contribution in [3.05, 3.63) is 77.3 Å². The van der Waals surface area contributed by atoms with Crippen molar-refractivity contribution in [3.63, 3.8) is 0 Å². The molecule has 0 unspecified atom stereocenters. The molecule has 0 bridgehead atoms. The smallest absolute Gasteiger partial charge is 0.257 e. The highest BCUT2D eigenvalue weighted by Crippen LogP contribution is 2.37. The van der Waals surface area contributed by atoms with Crippen LogP contribution in [-0.2, 0) is 5.54 Å². The van der Waals surface area contributed by atoms with Gasteiger partial charge in [-0.25, -0.2) is 4.98 Å². The normalized spacial score (nSPS) is 14.9. The van der Waals surface area contributed by atoms with Crippen molar-refractivity contribution in [2.45, 2.75) is 39.2 Å². The number of carbonyl (C=O) groups is 1. The summed E-state index contributed by atoms with van der Waals surface area (Å²) in [4.78, 5) is 24.8. The van der Waals surface area contributed by atoms with Crippen LogP contribution in [0.25, 0.3) is 16.8 Å². The zero-order valence-electron chi connectivity index (χ0n) is 20.2. The summed E-state index contributed by atoms with van der Waals surface area (Å²) in [5.41, 5.74) is 2.86. The van der Waals surface area contributed by atoms with Crippen LogP contribution in [0.5, 0.6) is 0 Å². The van der Waals surface area contributed by atoms with E-state index in [-0.39, 0.29) is 5.91 Å². The Hall–Kier alpha value is -3.45. The van der Waals surface area contributed by atoms with Gasteiger partial charge in [-0.2, -0.15) is 9.61 Å². The average Bonchev–Trinajstić information content (AvgIpc) is 3.29. The van der Waals surface area contributed by atoms with Crippen LogP contribution in [0.1, 0.15) is 49.7 Å². The average molecular weight is 489 g/mol. The van der Waals surface area contributed by atoms with Gasteiger partial charge in [0.15, 0.2) is 5.65 Å². The van der Waals surface area contributed by atoms with Crippen molar-refractivity contribution in [2.24, 2.45) is 5.92 Å². The predicted molar refractivity (Wildman–Crippen MR) is 139 cm³/mol. The number of amides is 1. The Bertz CT molecular complexity index is 1360. The van der Waals surface area contributed by atoms with Gasteiger partial charge in [0.2, 0.25) is 0 Å². The summed E-state index contributed by atoms with van der Waals surface area (Å²) >= 11 is 6.58. The number of halogens is 1. The largest absolute Gasteiger partial charge is 0.356 e. The Morgan fingerprint density at radius 1 is 1.03 bits per heavy atom. The summed E-state index contributed by atoms with van der Waals surface area (Å²) in [6.45, 7) is 7.97. The second-order valence-electron chi connectivity index (χ2n) is 9.73. The molecule has 0 spiro atoms. The summed E-state index contributed by atoms with van der Waals surface area (Å²) in [7, 11) is 0. The van der Waals surface area contributed by atoms with Crippen molar-refractivity contribution in [1.29, 1.82) is 0 Å². The Morgan fingerprint density at radius 2 is 1.77 bits per heavy atom. The molecule has 0 saturated carbocycles. The second kappa shape index (κ2) is 9.30. The van der Waals surface area contributed by atoms with Crippen molar-refractivity contribution in [1.82, 2.24) is 24.9 Å². The minimum Gasteiger partial charge on any atom is -0.356 e. The molecule has 8 heteroatoms. The molecule has 4 aromatic rings. The monoisotopic (exact) mass is 488 g/mol. The number of nitrogens with one attached hydrogen (secondary N) is 1. The standard InChI is InChI=1S/C27H29ClN6O/c1-18-11-14-33(15-12-18)26-20(19-8-4-5-9-22(19)28)16-30-24-21(17-31-34(24)26)25(35)32-27(2,3)23-10-6-7-13-29-23/h4-10,13,16-18H,11-12,14-15H2,1-3H3,(H,32,35). The van der Waals surface area contributed by atoms with Gasteiger partial charge in [0, 0.05) is 41.6 Å². The number of fused-ring (bicyclic) bond motifs is 1. The number of aromatic nitrogens is 4. The predicted octanol–water partition coefficient (Wildman–Crippen LogP) is 5.35. The molecule has 1 aliphatic rings. The summed E-state index contributed by atoms with van der Waals surface area (Å²) in [5.74, 6) is 1.35. The van der Waals surface area contributed by atoms with Gasteiger partial charge in [0.25, 0.3) is 5.91 Å². The van der Waals surface area contributed by atoms with Crippen molar-refractivity contribution >= 4 is 29.0 Å². The number of anilines is 1. The zero-order chi connectivity index (χ0) is 24.6. The van der Waals surface area contributed by atoms with Gasteiger partial charge >= 0.3 is 0 Å². The van der Waals surface area contributed by atoms with Gasteiger partial charge in [-0.1, -0.05) is 42.8 Å². The molecule has 35 heavy (non-hydrogen) atoms. The van der Waals surface area contributed by atoms with E-state index in [1.54, 1.807) is 16.9 Å². The van der Waals surface area contributed by atoms with Crippen molar-refractivity contribution in [3.8, 4) is 11.1 Å². The molecule has 1 amide bonds. The molecule has 5 rings (SSSR count). The molecule has 1 N–H and O–H groups in total. The number of hydrogen-bond donors (Lipinski definition) is 1. The molecule has 7 nitrogen and oxygen atoms in total. The van der Waals surface area contributed by atoms with Crippen LogP contribution in [0.4, 0.5) is 5.82 Å². The number of piperidine rings is 1. The highest BCUT2D eigenvalue weighted by Gasteiger charge is 2.29. The lowest BCUT2D eigenvalue weighted by Crippen LogP contribution is -2.41. The molecule has 1 aliphatic heterocycles. The highest BCUT2D eigenvalue weighted by molar-refractivity contribution is 6.33. The summed E-state index contributed by atoms with van der Waals surface area (Å²) in [5, 5.41) is 8.40. The lowest BCUT2D eigenvalue weighted by atomic mass is 9.98. The van der Waals surface area contributed by atoms with Crippen LogP contribution < -0.4 is 10.2 Å². The number of rotatable bonds is 5. The number of nitrogens with zero attached hydrogens (tertiary/aromatic N) is 5. The van der Waals surface area contributed by atoms with E-state index in [4.69, 9.17) is 16.6 Å². The van der Waals surface area contributed by atoms with E-state index in [0.717, 1.165) is 48.6 Å². The van der Waals surface area contributed by atoms with E-state index in [0.29, 0.717) is 22.2 Å². The molecular formula is C27H29ClN6O. The van der Waals surface area contributed by atoms with Crippen LogP contribution in [0, 0.1) is 5.92 Å². The maximum Gasteiger partial charge on any atom is 0.257 e. The molecule has 0 radical (unpaired) electrons. The first-order chi connectivity index (χ1) is 16.8. The molecule has 1 fully saturated rings. The maximum absolute atomic E-state index is 13.4. The number of pyridine rings is 1. The van der Waals surface area contributed by atoms with E-state index < -0.39 is 5.54 Å². The molecule has 3 aromatic heterocycles. The number of hydrogen-bond acceptors (Lipinski definition) is 5. The third-order valence-electron chi connectivity index (χ3n) is 6.72. The Balaban J connectivity index is 1.58. The Labute approximate surface area is 210 Å². The van der Waals surface area contributed by atoms with Gasteiger partial charge < -0.3 is 10.2 Å². The zero-order valence-corrected chi connectivity index (χ0v) is 21.0. The lowest BCUT2D eigenvalue weighted by molar-refractivity contribution is 0.0912. The summed E-state index contributed by atoms with van der Waals surface area (Å²) in [6, 6.07) is 13.4. The second-order valence-corrected chi connectivity index (χ2v) is 10.1. The third-order valence-corrected chi connectivity index (χ3v) is 7.05. The van der Waals surface area contributed by atoms with Crippen molar-refractivity contribution in [2.75, 3.05) is 18.0 Å². The molecule has 0 aliphatic carbocycles. The molecule has 0 atom stereocenters. The van der Waals surface area contributed by atoms with Crippen LogP contribution >= 0.6 is 11.6 Å². The van der Waals surface area contributed by atoms with Gasteiger partial charge in [-0.05, 0) is 50.8 Å². The first-order valence-corrected chi connectivity index (χ1v) is 12.3. The van der Waals surface area contributed by atoms with Crippen LogP contribution in [0.3, 0.4) is 0 Å². The Kier molecular flexibility index (Phi) is 6.19. The minimum atomic E-state index is -0.657. The number of carbonyl (C=O) groups excluding carboxylic acids is 1.